The zero-order chi connectivity index (χ0) is 10.1. The Bertz CT molecular complexity index is 385. The van der Waals surface area contributed by atoms with E-state index in [1.54, 1.807) is 0 Å². The van der Waals surface area contributed by atoms with Crippen LogP contribution in [0.15, 0.2) is 31.4 Å². The molecule has 1 nitrogen and oxygen atoms in total. The van der Waals surface area contributed by atoms with Gasteiger partial charge in [0.15, 0.2) is 0 Å². The van der Waals surface area contributed by atoms with Gasteiger partial charge in [0.2, 0.25) is 0 Å². The lowest BCUT2D eigenvalue weighted by atomic mass is 10.1. The van der Waals surface area contributed by atoms with Crippen molar-refractivity contribution in [1.29, 1.82) is 0 Å². The third kappa shape index (κ3) is 2.14. The number of halogens is 2. The van der Waals surface area contributed by atoms with Crippen LogP contribution in [0.5, 0.6) is 0 Å². The highest BCUT2D eigenvalue weighted by atomic mass is 127. The molecule has 2 rings (SSSR count). The smallest absolute Gasteiger partial charge is 0.114 e. The molecule has 0 fully saturated rings. The summed E-state index contributed by atoms with van der Waals surface area (Å²) in [5, 5.41) is 0. The maximum atomic E-state index is 5.73. The van der Waals surface area contributed by atoms with Crippen molar-refractivity contribution in [3.05, 3.63) is 42.6 Å². The lowest BCUT2D eigenvalue weighted by Gasteiger charge is -2.11. The van der Waals surface area contributed by atoms with Crippen LogP contribution in [0.1, 0.15) is 17.2 Å². The number of ether oxygens (including phenoxy) is 1. The lowest BCUT2D eigenvalue weighted by molar-refractivity contribution is 0.128. The fourth-order valence-electron chi connectivity index (χ4n) is 1.52. The topological polar surface area (TPSA) is 9.23 Å². The molecular weight excluding hydrogens is 402 g/mol. The molecule has 0 aliphatic carbocycles. The monoisotopic (exact) mass is 412 g/mol. The summed E-state index contributed by atoms with van der Waals surface area (Å²) in [6.07, 6.45) is 0.169. The van der Waals surface area contributed by atoms with Crippen LogP contribution in [-0.4, -0.2) is 6.61 Å². The Hall–Kier alpha value is 0.380. The van der Waals surface area contributed by atoms with Crippen molar-refractivity contribution in [1.82, 2.24) is 0 Å². The van der Waals surface area contributed by atoms with Gasteiger partial charge in [-0.05, 0) is 57.7 Å². The predicted octanol–water partition coefficient (Wildman–Crippen LogP) is 4.15. The van der Waals surface area contributed by atoms with Gasteiger partial charge in [0.25, 0.3) is 0 Å². The SMILES string of the molecule is Cc1cccc(C2OCC(I)=C2I)c1. The first-order valence-electron chi connectivity index (χ1n) is 4.40. The molecule has 0 N–H and O–H groups in total. The van der Waals surface area contributed by atoms with Crippen molar-refractivity contribution in [3.63, 3.8) is 0 Å². The lowest BCUT2D eigenvalue weighted by Crippen LogP contribution is -1.97. The maximum Gasteiger partial charge on any atom is 0.114 e. The van der Waals surface area contributed by atoms with Gasteiger partial charge in [0.1, 0.15) is 6.10 Å². The Kier molecular flexibility index (Phi) is 3.49. The summed E-state index contributed by atoms with van der Waals surface area (Å²) < 4.78 is 8.39. The summed E-state index contributed by atoms with van der Waals surface area (Å²) in [6, 6.07) is 8.52. The molecule has 0 aromatic heterocycles. The van der Waals surface area contributed by atoms with E-state index < -0.39 is 0 Å². The summed E-state index contributed by atoms with van der Waals surface area (Å²) in [5.74, 6) is 0. The molecule has 1 aliphatic rings. The van der Waals surface area contributed by atoms with Crippen molar-refractivity contribution in [3.8, 4) is 0 Å². The molecule has 0 saturated carbocycles. The van der Waals surface area contributed by atoms with Crippen LogP contribution in [0.25, 0.3) is 0 Å². The Morgan fingerprint density at radius 3 is 2.71 bits per heavy atom. The van der Waals surface area contributed by atoms with Gasteiger partial charge in [-0.1, -0.05) is 29.8 Å². The zero-order valence-corrected chi connectivity index (χ0v) is 12.1. The number of hydrogen-bond acceptors (Lipinski definition) is 1. The molecule has 0 bridgehead atoms. The Morgan fingerprint density at radius 1 is 1.36 bits per heavy atom. The van der Waals surface area contributed by atoms with Crippen LogP contribution in [-0.2, 0) is 4.74 Å². The molecule has 3 heteroatoms. The van der Waals surface area contributed by atoms with E-state index in [0.717, 1.165) is 6.61 Å². The van der Waals surface area contributed by atoms with Crippen molar-refractivity contribution < 1.29 is 4.74 Å². The van der Waals surface area contributed by atoms with Crippen LogP contribution < -0.4 is 0 Å². The van der Waals surface area contributed by atoms with E-state index >= 15 is 0 Å². The predicted molar refractivity (Wildman–Crippen MR) is 74.9 cm³/mol. The first-order chi connectivity index (χ1) is 6.68. The van der Waals surface area contributed by atoms with Crippen molar-refractivity contribution >= 4 is 45.2 Å². The van der Waals surface area contributed by atoms with Crippen LogP contribution >= 0.6 is 45.2 Å². The van der Waals surface area contributed by atoms with Crippen molar-refractivity contribution in [2.24, 2.45) is 0 Å². The van der Waals surface area contributed by atoms with E-state index in [1.807, 2.05) is 0 Å². The Labute approximate surface area is 111 Å². The van der Waals surface area contributed by atoms with Gasteiger partial charge < -0.3 is 4.74 Å². The average molecular weight is 412 g/mol. The summed E-state index contributed by atoms with van der Waals surface area (Å²) in [7, 11) is 0. The molecular formula is C11H10I2O. The maximum absolute atomic E-state index is 5.73. The fourth-order valence-corrected chi connectivity index (χ4v) is 2.67. The van der Waals surface area contributed by atoms with E-state index in [0.29, 0.717) is 0 Å². The quantitative estimate of drug-likeness (QED) is 0.631. The van der Waals surface area contributed by atoms with Crippen LogP contribution in [0.2, 0.25) is 0 Å². The molecule has 0 amide bonds. The van der Waals surface area contributed by atoms with Crippen LogP contribution in [0, 0.1) is 6.92 Å². The molecule has 14 heavy (non-hydrogen) atoms. The standard InChI is InChI=1S/C11H10I2O/c1-7-3-2-4-8(5-7)11-10(13)9(12)6-14-11/h2-5,11H,6H2,1H3. The van der Waals surface area contributed by atoms with E-state index in [9.17, 15) is 0 Å². The van der Waals surface area contributed by atoms with Gasteiger partial charge in [0.05, 0.1) is 6.61 Å². The van der Waals surface area contributed by atoms with Gasteiger partial charge in [-0.3, -0.25) is 0 Å². The molecule has 1 atom stereocenters. The first kappa shape index (κ1) is 10.9. The molecule has 1 aromatic rings. The average Bonchev–Trinajstić information content (AvgIpc) is 2.48. The second kappa shape index (κ2) is 4.49. The first-order valence-corrected chi connectivity index (χ1v) is 6.56. The summed E-state index contributed by atoms with van der Waals surface area (Å²) >= 11 is 4.74. The number of rotatable bonds is 1. The normalized spacial score (nSPS) is 21.8. The van der Waals surface area contributed by atoms with Crippen LogP contribution in [0.4, 0.5) is 0 Å². The van der Waals surface area contributed by atoms with E-state index in [1.165, 1.54) is 18.3 Å². The van der Waals surface area contributed by atoms with E-state index in [-0.39, 0.29) is 6.10 Å². The molecule has 1 unspecified atom stereocenters. The van der Waals surface area contributed by atoms with Gasteiger partial charge in [-0.15, -0.1) is 0 Å². The molecule has 0 spiro atoms. The molecule has 74 valence electrons. The van der Waals surface area contributed by atoms with Crippen LogP contribution in [0.3, 0.4) is 0 Å². The molecule has 1 aromatic carbocycles. The molecule has 1 heterocycles. The highest BCUT2D eigenvalue weighted by Gasteiger charge is 2.24. The van der Waals surface area contributed by atoms with E-state index in [4.69, 9.17) is 4.74 Å². The highest BCUT2D eigenvalue weighted by molar-refractivity contribution is 14.1. The number of aryl methyl sites for hydroxylation is 1. The minimum atomic E-state index is 0.169. The third-order valence-corrected chi connectivity index (χ3v) is 5.35. The second-order valence-corrected chi connectivity index (χ2v) is 5.82. The summed E-state index contributed by atoms with van der Waals surface area (Å²) in [6.45, 7) is 2.87. The molecule has 1 aliphatic heterocycles. The van der Waals surface area contributed by atoms with Gasteiger partial charge in [0, 0.05) is 7.16 Å². The van der Waals surface area contributed by atoms with Crippen molar-refractivity contribution in [2.45, 2.75) is 13.0 Å². The molecule has 0 radical (unpaired) electrons. The minimum Gasteiger partial charge on any atom is -0.363 e. The van der Waals surface area contributed by atoms with Gasteiger partial charge >= 0.3 is 0 Å². The summed E-state index contributed by atoms with van der Waals surface area (Å²) in [5.41, 5.74) is 2.55. The molecule has 0 saturated heterocycles. The Balaban J connectivity index is 2.33. The second-order valence-electron chi connectivity index (χ2n) is 3.36. The minimum absolute atomic E-state index is 0.169. The number of benzene rings is 1. The largest absolute Gasteiger partial charge is 0.363 e. The van der Waals surface area contributed by atoms with Gasteiger partial charge in [-0.2, -0.15) is 0 Å². The van der Waals surface area contributed by atoms with E-state index in [2.05, 4.69) is 76.4 Å². The fraction of sp³-hybridized carbons (Fsp3) is 0.273. The third-order valence-electron chi connectivity index (χ3n) is 2.21. The summed E-state index contributed by atoms with van der Waals surface area (Å²) in [4.78, 5) is 0. The zero-order valence-electron chi connectivity index (χ0n) is 7.76. The number of hydrogen-bond donors (Lipinski definition) is 0. The Morgan fingerprint density at radius 2 is 2.14 bits per heavy atom. The highest BCUT2D eigenvalue weighted by Crippen LogP contribution is 2.40. The van der Waals surface area contributed by atoms with Gasteiger partial charge in [-0.25, -0.2) is 0 Å². The van der Waals surface area contributed by atoms with Crippen molar-refractivity contribution in [2.75, 3.05) is 6.61 Å².